The predicted molar refractivity (Wildman–Crippen MR) is 99.8 cm³/mol. The number of ether oxygens (including phenoxy) is 1. The molecule has 0 saturated heterocycles. The lowest BCUT2D eigenvalue weighted by atomic mass is 10.2. The second-order valence-electron chi connectivity index (χ2n) is 5.48. The number of nitrogens with zero attached hydrogens (tertiary/aromatic N) is 4. The van der Waals surface area contributed by atoms with Gasteiger partial charge in [0.15, 0.2) is 11.0 Å². The number of thioether (sulfide) groups is 1. The van der Waals surface area contributed by atoms with Crippen LogP contribution < -0.4 is 10.1 Å². The molecule has 1 N–H and O–H groups in total. The van der Waals surface area contributed by atoms with Gasteiger partial charge in [0.1, 0.15) is 5.75 Å². The van der Waals surface area contributed by atoms with Crippen LogP contribution in [0.15, 0.2) is 53.9 Å². The molecule has 3 rings (SSSR count). The number of hydrogen-bond donors (Lipinski definition) is 1. The molecule has 1 amide bonds. The summed E-state index contributed by atoms with van der Waals surface area (Å²) in [5.74, 6) is 1.69. The molecule has 0 unspecified atom stereocenters. The molecule has 7 nitrogen and oxygen atoms in total. The number of rotatable bonds is 7. The SMILES string of the molecule is COc1ccccc1CNC(=O)CSc1nnc(-c2ccncc2)n1C. The molecule has 1 aromatic carbocycles. The van der Waals surface area contributed by atoms with Crippen molar-refractivity contribution in [3.8, 4) is 17.1 Å². The van der Waals surface area contributed by atoms with Crippen molar-refractivity contribution < 1.29 is 9.53 Å². The van der Waals surface area contributed by atoms with Crippen molar-refractivity contribution in [1.82, 2.24) is 25.1 Å². The maximum absolute atomic E-state index is 12.1. The van der Waals surface area contributed by atoms with E-state index < -0.39 is 0 Å². The third-order valence-corrected chi connectivity index (χ3v) is 4.79. The van der Waals surface area contributed by atoms with E-state index >= 15 is 0 Å². The van der Waals surface area contributed by atoms with Gasteiger partial charge in [0.25, 0.3) is 0 Å². The monoisotopic (exact) mass is 369 g/mol. The number of benzene rings is 1. The number of pyridine rings is 1. The average Bonchev–Trinajstić information content (AvgIpc) is 3.06. The Morgan fingerprint density at radius 1 is 1.19 bits per heavy atom. The van der Waals surface area contributed by atoms with Crippen molar-refractivity contribution in [3.63, 3.8) is 0 Å². The summed E-state index contributed by atoms with van der Waals surface area (Å²) in [7, 11) is 3.50. The minimum Gasteiger partial charge on any atom is -0.496 e. The average molecular weight is 369 g/mol. The van der Waals surface area contributed by atoms with Gasteiger partial charge < -0.3 is 14.6 Å². The summed E-state index contributed by atoms with van der Waals surface area (Å²) < 4.78 is 7.15. The van der Waals surface area contributed by atoms with E-state index in [0.29, 0.717) is 11.7 Å². The van der Waals surface area contributed by atoms with E-state index in [9.17, 15) is 4.79 Å². The molecule has 134 valence electrons. The van der Waals surface area contributed by atoms with E-state index in [2.05, 4.69) is 20.5 Å². The minimum atomic E-state index is -0.0747. The Morgan fingerprint density at radius 3 is 2.73 bits per heavy atom. The highest BCUT2D eigenvalue weighted by atomic mass is 32.2. The molecule has 26 heavy (non-hydrogen) atoms. The fourth-order valence-electron chi connectivity index (χ4n) is 2.42. The maximum atomic E-state index is 12.1. The van der Waals surface area contributed by atoms with Crippen LogP contribution in [0.25, 0.3) is 11.4 Å². The first kappa shape index (κ1) is 17.9. The number of nitrogens with one attached hydrogen (secondary N) is 1. The second-order valence-corrected chi connectivity index (χ2v) is 6.42. The zero-order valence-electron chi connectivity index (χ0n) is 14.5. The molecule has 3 aromatic rings. The Labute approximate surface area is 155 Å². The van der Waals surface area contributed by atoms with Crippen LogP contribution in [0.2, 0.25) is 0 Å². The van der Waals surface area contributed by atoms with E-state index in [1.807, 2.05) is 48.0 Å². The van der Waals surface area contributed by atoms with Gasteiger partial charge in [-0.25, -0.2) is 0 Å². The van der Waals surface area contributed by atoms with E-state index in [1.54, 1.807) is 19.5 Å². The van der Waals surface area contributed by atoms with Crippen LogP contribution in [-0.4, -0.2) is 38.5 Å². The number of carbonyl (C=O) groups excluding carboxylic acids is 1. The van der Waals surface area contributed by atoms with Gasteiger partial charge in [0, 0.05) is 37.1 Å². The lowest BCUT2D eigenvalue weighted by Gasteiger charge is -2.09. The van der Waals surface area contributed by atoms with E-state index in [1.165, 1.54) is 11.8 Å². The zero-order valence-corrected chi connectivity index (χ0v) is 15.4. The molecule has 2 aromatic heterocycles. The lowest BCUT2D eigenvalue weighted by Crippen LogP contribution is -2.25. The first-order chi connectivity index (χ1) is 12.7. The van der Waals surface area contributed by atoms with E-state index in [-0.39, 0.29) is 11.7 Å². The molecule has 0 aliphatic rings. The molecule has 8 heteroatoms. The summed E-state index contributed by atoms with van der Waals surface area (Å²) in [5, 5.41) is 11.9. The van der Waals surface area contributed by atoms with E-state index in [4.69, 9.17) is 4.74 Å². The Balaban J connectivity index is 1.56. The van der Waals surface area contributed by atoms with Crippen molar-refractivity contribution in [2.45, 2.75) is 11.7 Å². The third-order valence-electron chi connectivity index (χ3n) is 3.77. The second kappa shape index (κ2) is 8.48. The van der Waals surface area contributed by atoms with Crippen molar-refractivity contribution in [2.24, 2.45) is 7.05 Å². The normalized spacial score (nSPS) is 10.5. The molecular weight excluding hydrogens is 350 g/mol. The van der Waals surface area contributed by atoms with Gasteiger partial charge in [0.05, 0.1) is 12.9 Å². The first-order valence-corrected chi connectivity index (χ1v) is 8.98. The van der Waals surface area contributed by atoms with Crippen molar-refractivity contribution in [1.29, 1.82) is 0 Å². The minimum absolute atomic E-state index is 0.0747. The topological polar surface area (TPSA) is 81.9 Å². The molecule has 0 fully saturated rings. The largest absolute Gasteiger partial charge is 0.496 e. The van der Waals surface area contributed by atoms with Crippen LogP contribution in [0.4, 0.5) is 0 Å². The molecule has 0 spiro atoms. The maximum Gasteiger partial charge on any atom is 0.230 e. The van der Waals surface area contributed by atoms with Crippen molar-refractivity contribution >= 4 is 17.7 Å². The Kier molecular flexibility index (Phi) is 5.85. The molecule has 0 aliphatic heterocycles. The quantitative estimate of drug-likeness (QED) is 0.644. The highest BCUT2D eigenvalue weighted by Gasteiger charge is 2.13. The van der Waals surface area contributed by atoms with Gasteiger partial charge in [-0.2, -0.15) is 0 Å². The number of carbonyl (C=O) groups is 1. The summed E-state index contributed by atoms with van der Waals surface area (Å²) in [6.07, 6.45) is 3.42. The molecule has 0 aliphatic carbocycles. The number of hydrogen-bond acceptors (Lipinski definition) is 6. The van der Waals surface area contributed by atoms with Gasteiger partial charge in [-0.05, 0) is 18.2 Å². The summed E-state index contributed by atoms with van der Waals surface area (Å²) in [5.41, 5.74) is 1.87. The fourth-order valence-corrected chi connectivity index (χ4v) is 3.16. The fraction of sp³-hybridized carbons (Fsp3) is 0.222. The standard InChI is InChI=1S/C18H19N5O2S/c1-23-17(13-7-9-19-10-8-13)21-22-18(23)26-12-16(24)20-11-14-5-3-4-6-15(14)25-2/h3-10H,11-12H2,1-2H3,(H,20,24). The van der Waals surface area contributed by atoms with Crippen LogP contribution in [0.1, 0.15) is 5.56 Å². The molecular formula is C18H19N5O2S. The summed E-state index contributed by atoms with van der Waals surface area (Å²) in [6, 6.07) is 11.4. The van der Waals surface area contributed by atoms with Crippen LogP contribution in [0.3, 0.4) is 0 Å². The third kappa shape index (κ3) is 4.20. The number of methoxy groups -OCH3 is 1. The molecule has 0 bridgehead atoms. The van der Waals surface area contributed by atoms with Crippen LogP contribution >= 0.6 is 11.8 Å². The number of amides is 1. The molecule has 2 heterocycles. The highest BCUT2D eigenvalue weighted by Crippen LogP contribution is 2.22. The molecule has 0 radical (unpaired) electrons. The van der Waals surface area contributed by atoms with Crippen LogP contribution in [0.5, 0.6) is 5.75 Å². The first-order valence-electron chi connectivity index (χ1n) is 8.00. The summed E-state index contributed by atoms with van der Waals surface area (Å²) in [4.78, 5) is 16.1. The van der Waals surface area contributed by atoms with Crippen molar-refractivity contribution in [2.75, 3.05) is 12.9 Å². The van der Waals surface area contributed by atoms with Gasteiger partial charge in [0.2, 0.25) is 5.91 Å². The Morgan fingerprint density at radius 2 is 1.96 bits per heavy atom. The lowest BCUT2D eigenvalue weighted by molar-refractivity contribution is -0.118. The highest BCUT2D eigenvalue weighted by molar-refractivity contribution is 7.99. The van der Waals surface area contributed by atoms with Gasteiger partial charge in [-0.1, -0.05) is 30.0 Å². The summed E-state index contributed by atoms with van der Waals surface area (Å²) >= 11 is 1.35. The number of aromatic nitrogens is 4. The summed E-state index contributed by atoms with van der Waals surface area (Å²) in [6.45, 7) is 0.421. The Bertz CT molecular complexity index is 882. The zero-order chi connectivity index (χ0) is 18.4. The molecule has 0 atom stereocenters. The number of para-hydroxylation sites is 1. The van der Waals surface area contributed by atoms with Gasteiger partial charge in [-0.15, -0.1) is 10.2 Å². The van der Waals surface area contributed by atoms with Crippen molar-refractivity contribution in [3.05, 3.63) is 54.4 Å². The smallest absolute Gasteiger partial charge is 0.230 e. The van der Waals surface area contributed by atoms with Gasteiger partial charge in [-0.3, -0.25) is 9.78 Å². The van der Waals surface area contributed by atoms with Crippen LogP contribution in [-0.2, 0) is 18.4 Å². The van der Waals surface area contributed by atoms with E-state index in [0.717, 1.165) is 22.7 Å². The molecule has 0 saturated carbocycles. The van der Waals surface area contributed by atoms with Crippen LogP contribution in [0, 0.1) is 0 Å². The Hall–Kier alpha value is -2.87. The predicted octanol–water partition coefficient (Wildman–Crippen LogP) is 2.29. The van der Waals surface area contributed by atoms with Gasteiger partial charge >= 0.3 is 0 Å².